The number of fused-ring (bicyclic) bond motifs is 1. The zero-order chi connectivity index (χ0) is 27.2. The summed E-state index contributed by atoms with van der Waals surface area (Å²) in [7, 11) is -3.24. The van der Waals surface area contributed by atoms with Gasteiger partial charge in [0.1, 0.15) is 11.6 Å². The third kappa shape index (κ3) is 5.32. The molecule has 1 saturated heterocycles. The minimum Gasteiger partial charge on any atom is -0.406 e. The number of aromatic nitrogens is 3. The molecule has 0 aliphatic carbocycles. The number of aryl methyl sites for hydroxylation is 1. The lowest BCUT2D eigenvalue weighted by atomic mass is 10.0. The van der Waals surface area contributed by atoms with E-state index in [2.05, 4.69) is 20.1 Å². The van der Waals surface area contributed by atoms with Gasteiger partial charge in [-0.05, 0) is 67.9 Å². The number of halogens is 4. The van der Waals surface area contributed by atoms with E-state index in [1.807, 2.05) is 0 Å². The van der Waals surface area contributed by atoms with Gasteiger partial charge in [0, 0.05) is 11.3 Å². The third-order valence-electron chi connectivity index (χ3n) is 6.12. The average Bonchev–Trinajstić information content (AvgIpc) is 3.38. The fraction of sp³-hybridized carbons (Fsp3) is 0.240. The van der Waals surface area contributed by atoms with Crippen LogP contribution in [0.15, 0.2) is 54.6 Å². The molecule has 198 valence electrons. The number of nitrogens with one attached hydrogen (secondary N) is 1. The van der Waals surface area contributed by atoms with Crippen molar-refractivity contribution in [2.75, 3.05) is 16.8 Å². The SMILES string of the molecule is Cc1nn(C2CCS(=O)(=O)C2)c2nc(-c3ccc(F)cc3)cc(C(=O)Nc3ccc(OC(F)(F)F)cc3)c12. The van der Waals surface area contributed by atoms with Crippen molar-refractivity contribution in [3.8, 4) is 17.0 Å². The van der Waals surface area contributed by atoms with Crippen molar-refractivity contribution in [2.45, 2.75) is 25.7 Å². The molecule has 1 aliphatic rings. The number of sulfone groups is 1. The van der Waals surface area contributed by atoms with E-state index in [1.165, 1.54) is 47.1 Å². The van der Waals surface area contributed by atoms with Gasteiger partial charge in [0.25, 0.3) is 5.91 Å². The van der Waals surface area contributed by atoms with Gasteiger partial charge in [0.15, 0.2) is 15.5 Å². The highest BCUT2D eigenvalue weighted by Crippen LogP contribution is 2.33. The molecular weight excluding hydrogens is 528 g/mol. The Labute approximate surface area is 214 Å². The maximum absolute atomic E-state index is 13.5. The molecule has 0 spiro atoms. The van der Waals surface area contributed by atoms with Crippen LogP contribution in [0.1, 0.15) is 28.5 Å². The number of pyridine rings is 1. The summed E-state index contributed by atoms with van der Waals surface area (Å²) in [6.07, 6.45) is -4.50. The van der Waals surface area contributed by atoms with Crippen LogP contribution in [-0.2, 0) is 9.84 Å². The number of hydrogen-bond acceptors (Lipinski definition) is 6. The van der Waals surface area contributed by atoms with E-state index in [0.717, 1.165) is 12.1 Å². The number of hydrogen-bond donors (Lipinski definition) is 1. The molecule has 4 aromatic rings. The van der Waals surface area contributed by atoms with Gasteiger partial charge >= 0.3 is 6.36 Å². The predicted molar refractivity (Wildman–Crippen MR) is 131 cm³/mol. The first-order valence-electron chi connectivity index (χ1n) is 11.4. The molecule has 38 heavy (non-hydrogen) atoms. The topological polar surface area (TPSA) is 103 Å². The lowest BCUT2D eigenvalue weighted by molar-refractivity contribution is -0.274. The molecule has 2 aromatic heterocycles. The van der Waals surface area contributed by atoms with Gasteiger partial charge in [0.05, 0.1) is 39.9 Å². The van der Waals surface area contributed by atoms with Gasteiger partial charge in [-0.3, -0.25) is 4.79 Å². The van der Waals surface area contributed by atoms with E-state index in [4.69, 9.17) is 0 Å². The molecule has 1 amide bonds. The van der Waals surface area contributed by atoms with Gasteiger partial charge in [-0.1, -0.05) is 0 Å². The summed E-state index contributed by atoms with van der Waals surface area (Å²) in [6, 6.07) is 11.2. The summed E-state index contributed by atoms with van der Waals surface area (Å²) in [5.41, 5.74) is 1.96. The number of carbonyl (C=O) groups is 1. The van der Waals surface area contributed by atoms with E-state index >= 15 is 0 Å². The van der Waals surface area contributed by atoms with Gasteiger partial charge in [-0.2, -0.15) is 5.10 Å². The van der Waals surface area contributed by atoms with Crippen molar-refractivity contribution in [2.24, 2.45) is 0 Å². The van der Waals surface area contributed by atoms with Crippen molar-refractivity contribution in [1.29, 1.82) is 0 Å². The zero-order valence-corrected chi connectivity index (χ0v) is 20.6. The Morgan fingerprint density at radius 2 is 1.79 bits per heavy atom. The highest BCUT2D eigenvalue weighted by molar-refractivity contribution is 7.91. The van der Waals surface area contributed by atoms with Crippen LogP contribution < -0.4 is 10.1 Å². The minimum absolute atomic E-state index is 0.0110. The van der Waals surface area contributed by atoms with E-state index in [1.54, 1.807) is 6.92 Å². The first kappa shape index (κ1) is 25.6. The van der Waals surface area contributed by atoms with Crippen LogP contribution >= 0.6 is 0 Å². The lowest BCUT2D eigenvalue weighted by Crippen LogP contribution is -2.17. The number of anilines is 1. The summed E-state index contributed by atoms with van der Waals surface area (Å²) in [4.78, 5) is 18.1. The van der Waals surface area contributed by atoms with E-state index in [0.29, 0.717) is 34.4 Å². The van der Waals surface area contributed by atoms with Crippen LogP contribution in [0.4, 0.5) is 23.2 Å². The minimum atomic E-state index is -4.85. The zero-order valence-electron chi connectivity index (χ0n) is 19.8. The Morgan fingerprint density at radius 1 is 1.11 bits per heavy atom. The largest absolute Gasteiger partial charge is 0.573 e. The number of nitrogens with zero attached hydrogens (tertiary/aromatic N) is 3. The van der Waals surface area contributed by atoms with Gasteiger partial charge in [-0.25, -0.2) is 22.5 Å². The Kier molecular flexibility index (Phi) is 6.33. The van der Waals surface area contributed by atoms with E-state index < -0.39 is 39.7 Å². The molecule has 13 heteroatoms. The fourth-order valence-electron chi connectivity index (χ4n) is 4.42. The smallest absolute Gasteiger partial charge is 0.406 e. The molecular formula is C25H20F4N4O4S. The maximum atomic E-state index is 13.5. The molecule has 2 aromatic carbocycles. The van der Waals surface area contributed by atoms with E-state index in [-0.39, 0.29) is 22.8 Å². The molecule has 1 aliphatic heterocycles. The number of alkyl halides is 3. The lowest BCUT2D eigenvalue weighted by Gasteiger charge is -2.13. The maximum Gasteiger partial charge on any atom is 0.573 e. The van der Waals surface area contributed by atoms with Crippen molar-refractivity contribution in [3.05, 3.63) is 71.7 Å². The molecule has 0 bridgehead atoms. The van der Waals surface area contributed by atoms with Crippen LogP contribution in [-0.4, -0.2) is 47.0 Å². The number of ether oxygens (including phenoxy) is 1. The van der Waals surface area contributed by atoms with Crippen LogP contribution in [0.3, 0.4) is 0 Å². The summed E-state index contributed by atoms with van der Waals surface area (Å²) >= 11 is 0. The summed E-state index contributed by atoms with van der Waals surface area (Å²) in [6.45, 7) is 1.67. The predicted octanol–water partition coefficient (Wildman–Crippen LogP) is 5.06. The van der Waals surface area contributed by atoms with Crippen molar-refractivity contribution in [1.82, 2.24) is 14.8 Å². The molecule has 0 saturated carbocycles. The molecule has 0 radical (unpaired) electrons. The Morgan fingerprint density at radius 3 is 2.39 bits per heavy atom. The van der Waals surface area contributed by atoms with Gasteiger partial charge < -0.3 is 10.1 Å². The Bertz CT molecular complexity index is 1630. The molecule has 1 N–H and O–H groups in total. The molecule has 3 heterocycles. The number of benzene rings is 2. The first-order valence-corrected chi connectivity index (χ1v) is 13.2. The quantitative estimate of drug-likeness (QED) is 0.350. The number of amides is 1. The average molecular weight is 549 g/mol. The van der Waals surface area contributed by atoms with E-state index in [9.17, 15) is 30.8 Å². The summed E-state index contributed by atoms with van der Waals surface area (Å²) in [5, 5.41) is 7.56. The third-order valence-corrected chi connectivity index (χ3v) is 7.87. The van der Waals surface area contributed by atoms with Crippen molar-refractivity contribution < 1.29 is 35.5 Å². The molecule has 1 unspecified atom stereocenters. The number of carbonyl (C=O) groups excluding carboxylic acids is 1. The Hall–Kier alpha value is -4.00. The fourth-order valence-corrected chi connectivity index (χ4v) is 6.11. The van der Waals surface area contributed by atoms with Crippen LogP contribution in [0, 0.1) is 12.7 Å². The highest BCUT2D eigenvalue weighted by Gasteiger charge is 2.33. The molecule has 1 fully saturated rings. The van der Waals surface area contributed by atoms with Crippen molar-refractivity contribution >= 4 is 32.5 Å². The molecule has 5 rings (SSSR count). The first-order chi connectivity index (χ1) is 17.9. The Balaban J connectivity index is 1.57. The standard InChI is InChI=1S/C25H20F4N4O4S/c1-14-22-20(24(34)30-17-6-8-19(9-7-17)37-25(27,28)29)12-21(15-2-4-16(26)5-3-15)31-23(22)33(32-14)18-10-11-38(35,36)13-18/h2-9,12,18H,10-11,13H2,1H3,(H,30,34). The van der Waals surface area contributed by atoms with Crippen LogP contribution in [0.25, 0.3) is 22.3 Å². The van der Waals surface area contributed by atoms with Crippen LogP contribution in [0.5, 0.6) is 5.75 Å². The summed E-state index contributed by atoms with van der Waals surface area (Å²) < 4.78 is 80.5. The molecule has 8 nitrogen and oxygen atoms in total. The summed E-state index contributed by atoms with van der Waals surface area (Å²) in [5.74, 6) is -1.59. The van der Waals surface area contributed by atoms with Crippen LogP contribution in [0.2, 0.25) is 0 Å². The second-order valence-corrected chi connectivity index (χ2v) is 11.1. The van der Waals surface area contributed by atoms with Crippen molar-refractivity contribution in [3.63, 3.8) is 0 Å². The highest BCUT2D eigenvalue weighted by atomic mass is 32.2. The second kappa shape index (κ2) is 9.39. The normalized spacial score (nSPS) is 17.0. The monoisotopic (exact) mass is 548 g/mol. The number of rotatable bonds is 5. The van der Waals surface area contributed by atoms with Gasteiger partial charge in [0.2, 0.25) is 0 Å². The van der Waals surface area contributed by atoms with Gasteiger partial charge in [-0.15, -0.1) is 13.2 Å². The molecule has 1 atom stereocenters. The second-order valence-electron chi connectivity index (χ2n) is 8.87.